The average Bonchev–Trinajstić information content (AvgIpc) is 3.17. The molecule has 0 unspecified atom stereocenters. The van der Waals surface area contributed by atoms with Gasteiger partial charge in [0.25, 0.3) is 0 Å². The molecule has 2 aromatic carbocycles. The van der Waals surface area contributed by atoms with Crippen molar-refractivity contribution < 1.29 is 13.2 Å². The Morgan fingerprint density at radius 1 is 1.09 bits per heavy atom. The number of aryl methyl sites for hydroxylation is 3. The summed E-state index contributed by atoms with van der Waals surface area (Å²) in [4.78, 5) is 4.93. The normalized spacial score (nSPS) is 12.2. The molecule has 0 bridgehead atoms. The lowest BCUT2D eigenvalue weighted by Crippen LogP contribution is -2.12. The van der Waals surface area contributed by atoms with Crippen molar-refractivity contribution in [1.29, 1.82) is 0 Å². The van der Waals surface area contributed by atoms with Gasteiger partial charge < -0.3 is 10.1 Å². The Balaban J connectivity index is 1.81. The number of ether oxygens (including phenoxy) is 1. The van der Waals surface area contributed by atoms with E-state index in [1.54, 1.807) is 13.8 Å². The minimum atomic E-state index is -3.93. The van der Waals surface area contributed by atoms with E-state index >= 15 is 0 Å². The van der Waals surface area contributed by atoms with E-state index in [1.165, 1.54) is 4.52 Å². The van der Waals surface area contributed by atoms with Gasteiger partial charge in [0.05, 0.1) is 16.5 Å². The molecule has 0 spiro atoms. The van der Waals surface area contributed by atoms with E-state index in [0.717, 1.165) is 22.9 Å². The van der Waals surface area contributed by atoms with E-state index in [4.69, 9.17) is 4.74 Å². The second-order valence-corrected chi connectivity index (χ2v) is 10.3. The van der Waals surface area contributed by atoms with E-state index in [1.807, 2.05) is 57.2 Å². The van der Waals surface area contributed by atoms with Gasteiger partial charge in [-0.15, -0.1) is 5.10 Å². The number of anilines is 1. The number of sulfone groups is 1. The number of hydrogen-bond acceptors (Lipinski definition) is 7. The zero-order valence-corrected chi connectivity index (χ0v) is 20.4. The number of rotatable bonds is 8. The Bertz CT molecular complexity index is 1400. The Morgan fingerprint density at radius 2 is 1.79 bits per heavy atom. The van der Waals surface area contributed by atoms with Gasteiger partial charge in [-0.05, 0) is 64.3 Å². The Hall–Kier alpha value is -3.04. The number of benzene rings is 2. The van der Waals surface area contributed by atoms with Crippen molar-refractivity contribution in [2.45, 2.75) is 57.1 Å². The van der Waals surface area contributed by atoms with Crippen LogP contribution < -0.4 is 5.32 Å². The molecule has 0 radical (unpaired) electrons. The van der Waals surface area contributed by atoms with E-state index in [0.29, 0.717) is 30.1 Å². The summed E-state index contributed by atoms with van der Waals surface area (Å²) in [5.41, 5.74) is 3.30. The third-order valence-corrected chi connectivity index (χ3v) is 7.37. The molecule has 0 aliphatic heterocycles. The summed E-state index contributed by atoms with van der Waals surface area (Å²) in [5.74, 6) is 0.596. The van der Waals surface area contributed by atoms with E-state index < -0.39 is 9.84 Å². The molecule has 8 nitrogen and oxygen atoms in total. The van der Waals surface area contributed by atoms with Crippen LogP contribution in [0.1, 0.15) is 37.0 Å². The van der Waals surface area contributed by atoms with Crippen LogP contribution in [-0.2, 0) is 14.6 Å². The van der Waals surface area contributed by atoms with Gasteiger partial charge in [0.2, 0.25) is 14.9 Å². The zero-order valence-electron chi connectivity index (χ0n) is 19.6. The van der Waals surface area contributed by atoms with Crippen LogP contribution in [0, 0.1) is 20.8 Å². The highest BCUT2D eigenvalue weighted by atomic mass is 32.2. The molecule has 1 N–H and O–H groups in total. The summed E-state index contributed by atoms with van der Waals surface area (Å²) in [6.07, 6.45) is 0.976. The molecule has 0 fully saturated rings. The van der Waals surface area contributed by atoms with Crippen LogP contribution in [0.15, 0.2) is 46.3 Å². The Morgan fingerprint density at radius 3 is 2.48 bits per heavy atom. The highest BCUT2D eigenvalue weighted by Crippen LogP contribution is 2.31. The van der Waals surface area contributed by atoms with Crippen LogP contribution in [0.2, 0.25) is 0 Å². The summed E-state index contributed by atoms with van der Waals surface area (Å²) in [5, 5.41) is 12.3. The van der Waals surface area contributed by atoms with Gasteiger partial charge in [-0.3, -0.25) is 0 Å². The molecule has 0 atom stereocenters. The van der Waals surface area contributed by atoms with Crippen LogP contribution in [0.25, 0.3) is 16.6 Å². The number of fused-ring (bicyclic) bond motifs is 3. The van der Waals surface area contributed by atoms with Crippen molar-refractivity contribution in [3.05, 3.63) is 53.1 Å². The number of nitrogens with zero attached hydrogens (tertiary/aromatic N) is 4. The van der Waals surface area contributed by atoms with Gasteiger partial charge in [-0.1, -0.05) is 35.0 Å². The van der Waals surface area contributed by atoms with Crippen LogP contribution in [0.3, 0.4) is 0 Å². The molecule has 33 heavy (non-hydrogen) atoms. The first kappa shape index (κ1) is 23.1. The minimum Gasteiger partial charge on any atom is -0.379 e. The van der Waals surface area contributed by atoms with Crippen LogP contribution >= 0.6 is 0 Å². The first-order valence-corrected chi connectivity index (χ1v) is 12.5. The predicted octanol–water partition coefficient (Wildman–Crippen LogP) is 4.26. The molecule has 174 valence electrons. The molecule has 0 saturated carbocycles. The second-order valence-electron chi connectivity index (χ2n) is 8.54. The standard InChI is InChI=1S/C24H29N5O3S/c1-15(2)32-12-8-11-25-22-19-9-6-7-10-20(19)29-23(26-22)24(27-28-29)33(30,31)21-17(4)13-16(3)14-18(21)5/h6-7,9-10,13-15H,8,11-12H2,1-5H3,(H,25,26). The van der Waals surface area contributed by atoms with Crippen LogP contribution in [-0.4, -0.2) is 47.5 Å². The summed E-state index contributed by atoms with van der Waals surface area (Å²) in [6.45, 7) is 10.8. The lowest BCUT2D eigenvalue weighted by Gasteiger charge is -2.12. The first-order valence-electron chi connectivity index (χ1n) is 11.0. The molecule has 2 heterocycles. The Kier molecular flexibility index (Phi) is 6.36. The van der Waals surface area contributed by atoms with Crippen LogP contribution in [0.4, 0.5) is 5.82 Å². The fraction of sp³-hybridized carbons (Fsp3) is 0.375. The highest BCUT2D eigenvalue weighted by Gasteiger charge is 2.30. The number of hydrogen-bond donors (Lipinski definition) is 1. The summed E-state index contributed by atoms with van der Waals surface area (Å²) >= 11 is 0. The third-order valence-electron chi connectivity index (χ3n) is 5.41. The van der Waals surface area contributed by atoms with Crippen molar-refractivity contribution >= 4 is 32.2 Å². The lowest BCUT2D eigenvalue weighted by molar-refractivity contribution is 0.0787. The van der Waals surface area contributed by atoms with Crippen molar-refractivity contribution in [1.82, 2.24) is 19.8 Å². The minimum absolute atomic E-state index is 0.144. The molecule has 0 amide bonds. The average molecular weight is 468 g/mol. The maximum absolute atomic E-state index is 13.7. The number of nitrogens with one attached hydrogen (secondary N) is 1. The van der Waals surface area contributed by atoms with E-state index in [-0.39, 0.29) is 21.7 Å². The van der Waals surface area contributed by atoms with Gasteiger partial charge in [-0.2, -0.15) is 4.52 Å². The van der Waals surface area contributed by atoms with Gasteiger partial charge in [0, 0.05) is 18.5 Å². The maximum atomic E-state index is 13.7. The van der Waals surface area contributed by atoms with Crippen molar-refractivity contribution in [2.24, 2.45) is 0 Å². The fourth-order valence-corrected chi connectivity index (χ4v) is 5.81. The summed E-state index contributed by atoms with van der Waals surface area (Å²) in [7, 11) is -3.93. The molecule has 4 rings (SSSR count). The molecular weight excluding hydrogens is 438 g/mol. The van der Waals surface area contributed by atoms with Crippen molar-refractivity contribution in [2.75, 3.05) is 18.5 Å². The van der Waals surface area contributed by atoms with Crippen LogP contribution in [0.5, 0.6) is 0 Å². The monoisotopic (exact) mass is 467 g/mol. The topological polar surface area (TPSA) is 98.5 Å². The van der Waals surface area contributed by atoms with Crippen molar-refractivity contribution in [3.8, 4) is 0 Å². The molecule has 4 aromatic rings. The van der Waals surface area contributed by atoms with E-state index in [9.17, 15) is 8.42 Å². The fourth-order valence-electron chi connectivity index (χ4n) is 4.14. The predicted molar refractivity (Wildman–Crippen MR) is 129 cm³/mol. The molecule has 2 aromatic heterocycles. The van der Waals surface area contributed by atoms with Gasteiger partial charge in [-0.25, -0.2) is 13.4 Å². The Labute approximate surface area is 193 Å². The molecule has 9 heteroatoms. The second kappa shape index (κ2) is 9.07. The quantitative estimate of drug-likeness (QED) is 0.387. The maximum Gasteiger partial charge on any atom is 0.230 e. The molecule has 0 aliphatic rings. The first-order chi connectivity index (χ1) is 15.7. The summed E-state index contributed by atoms with van der Waals surface area (Å²) in [6, 6.07) is 11.3. The zero-order chi connectivity index (χ0) is 23.8. The van der Waals surface area contributed by atoms with Crippen molar-refractivity contribution in [3.63, 3.8) is 0 Å². The van der Waals surface area contributed by atoms with Gasteiger partial charge in [0.1, 0.15) is 5.82 Å². The van der Waals surface area contributed by atoms with Gasteiger partial charge in [0.15, 0.2) is 5.65 Å². The lowest BCUT2D eigenvalue weighted by atomic mass is 10.1. The smallest absolute Gasteiger partial charge is 0.230 e. The number of para-hydroxylation sites is 1. The number of aromatic nitrogens is 4. The molecule has 0 saturated heterocycles. The SMILES string of the molecule is Cc1cc(C)c(S(=O)(=O)c2nnn3c2nc(NCCCOC(C)C)c2ccccc23)c(C)c1. The third kappa shape index (κ3) is 4.43. The van der Waals surface area contributed by atoms with Gasteiger partial charge >= 0.3 is 0 Å². The highest BCUT2D eigenvalue weighted by molar-refractivity contribution is 7.91. The largest absolute Gasteiger partial charge is 0.379 e. The molecule has 0 aliphatic carbocycles. The summed E-state index contributed by atoms with van der Waals surface area (Å²) < 4.78 is 34.5. The molecular formula is C24H29N5O3S. The van der Waals surface area contributed by atoms with E-state index in [2.05, 4.69) is 20.6 Å².